The molecule has 0 bridgehead atoms. The predicted molar refractivity (Wildman–Crippen MR) is 123 cm³/mol. The lowest BCUT2D eigenvalue weighted by molar-refractivity contribution is 0.351. The Labute approximate surface area is 181 Å². The van der Waals surface area contributed by atoms with Gasteiger partial charge in [-0.1, -0.05) is 78.0 Å². The van der Waals surface area contributed by atoms with E-state index in [-0.39, 0.29) is 6.04 Å². The summed E-state index contributed by atoms with van der Waals surface area (Å²) in [6, 6.07) is 26.8. The number of para-hydroxylation sites is 1. The maximum absolute atomic E-state index is 6.41. The maximum Gasteiger partial charge on any atom is 0.243 e. The Bertz CT molecular complexity index is 1300. The molecule has 0 amide bonds. The smallest absolute Gasteiger partial charge is 0.243 e. The summed E-state index contributed by atoms with van der Waals surface area (Å²) >= 11 is 0. The van der Waals surface area contributed by atoms with Gasteiger partial charge in [-0.2, -0.15) is 4.98 Å². The molecule has 0 saturated carbocycles. The van der Waals surface area contributed by atoms with Gasteiger partial charge in [0.15, 0.2) is 5.82 Å². The predicted octanol–water partition coefficient (Wildman–Crippen LogP) is 5.06. The summed E-state index contributed by atoms with van der Waals surface area (Å²) in [5.74, 6) is 1.12. The summed E-state index contributed by atoms with van der Waals surface area (Å²) in [7, 11) is 2.05. The molecule has 0 aliphatic carbocycles. The minimum Gasteiger partial charge on any atom is -0.350 e. The summed E-state index contributed by atoms with van der Waals surface area (Å²) in [6.45, 7) is 0. The first-order valence-electron chi connectivity index (χ1n) is 10.4. The number of nitrogens with zero attached hydrogens (tertiary/aromatic N) is 3. The minimum atomic E-state index is -0.340. The van der Waals surface area contributed by atoms with Crippen LogP contribution in [-0.4, -0.2) is 14.7 Å². The van der Waals surface area contributed by atoms with Crippen LogP contribution in [0.1, 0.15) is 28.9 Å². The van der Waals surface area contributed by atoms with Crippen molar-refractivity contribution in [1.82, 2.24) is 14.7 Å². The number of rotatable bonds is 6. The second-order valence-electron chi connectivity index (χ2n) is 7.88. The first kappa shape index (κ1) is 19.3. The Morgan fingerprint density at radius 1 is 0.903 bits per heavy atom. The number of hydrogen-bond acceptors (Lipinski definition) is 4. The van der Waals surface area contributed by atoms with Gasteiger partial charge in [-0.25, -0.2) is 0 Å². The minimum absolute atomic E-state index is 0.340. The van der Waals surface area contributed by atoms with Crippen molar-refractivity contribution in [2.45, 2.75) is 18.9 Å². The number of fused-ring (bicyclic) bond motifs is 1. The second kappa shape index (κ2) is 8.20. The number of benzene rings is 3. The summed E-state index contributed by atoms with van der Waals surface area (Å²) in [4.78, 5) is 4.56. The number of aromatic nitrogens is 3. The second-order valence-corrected chi connectivity index (χ2v) is 7.88. The van der Waals surface area contributed by atoms with Crippen LogP contribution in [0.5, 0.6) is 0 Å². The molecule has 2 aromatic heterocycles. The summed E-state index contributed by atoms with van der Waals surface area (Å²) in [5.41, 5.74) is 12.3. The normalized spacial score (nSPS) is 12.3. The van der Waals surface area contributed by atoms with Crippen molar-refractivity contribution in [3.63, 3.8) is 0 Å². The Hall–Kier alpha value is -3.70. The molecule has 2 N–H and O–H groups in total. The van der Waals surface area contributed by atoms with E-state index in [2.05, 4.69) is 69.4 Å². The Balaban J connectivity index is 1.28. The highest BCUT2D eigenvalue weighted by molar-refractivity contribution is 5.83. The van der Waals surface area contributed by atoms with Gasteiger partial charge in [0.05, 0.1) is 6.04 Å². The van der Waals surface area contributed by atoms with Gasteiger partial charge in [-0.05, 0) is 34.7 Å². The number of aryl methyl sites for hydroxylation is 1. The molecular weight excluding hydrogens is 384 g/mol. The van der Waals surface area contributed by atoms with Crippen LogP contribution < -0.4 is 5.73 Å². The van der Waals surface area contributed by atoms with E-state index in [1.807, 2.05) is 37.4 Å². The van der Waals surface area contributed by atoms with Crippen molar-refractivity contribution in [2.24, 2.45) is 12.8 Å². The summed E-state index contributed by atoms with van der Waals surface area (Å²) in [6.07, 6.45) is 3.38. The third-order valence-corrected chi connectivity index (χ3v) is 5.64. The van der Waals surface area contributed by atoms with Crippen molar-refractivity contribution in [3.05, 3.63) is 108 Å². The molecule has 1 atom stereocenters. The Morgan fingerprint density at radius 2 is 1.61 bits per heavy atom. The quantitative estimate of drug-likeness (QED) is 0.426. The highest BCUT2D eigenvalue weighted by atomic mass is 16.5. The van der Waals surface area contributed by atoms with E-state index in [1.54, 1.807) is 0 Å². The van der Waals surface area contributed by atoms with Gasteiger partial charge >= 0.3 is 0 Å². The fraction of sp³-hybridized carbons (Fsp3) is 0.154. The van der Waals surface area contributed by atoms with Gasteiger partial charge in [0.1, 0.15) is 0 Å². The van der Waals surface area contributed by atoms with Crippen LogP contribution in [0, 0.1) is 0 Å². The van der Waals surface area contributed by atoms with E-state index in [9.17, 15) is 0 Å². The van der Waals surface area contributed by atoms with E-state index >= 15 is 0 Å². The molecule has 0 saturated heterocycles. The van der Waals surface area contributed by atoms with E-state index in [1.165, 1.54) is 27.6 Å². The highest BCUT2D eigenvalue weighted by Gasteiger charge is 2.18. The summed E-state index contributed by atoms with van der Waals surface area (Å²) < 4.78 is 7.61. The lowest BCUT2D eigenvalue weighted by atomic mass is 10.0. The molecular formula is C26H24N4O. The molecule has 0 fully saturated rings. The van der Waals surface area contributed by atoms with Crippen LogP contribution >= 0.6 is 0 Å². The standard InChI is InChI=1S/C26H24N4O/c1-30-17-21(22-9-5-6-10-24(22)30)16-23(27)26-28-25(29-31-26)15-18-11-13-20(14-12-18)19-7-3-2-4-8-19/h2-14,17,23H,15-16,27H2,1H3. The topological polar surface area (TPSA) is 69.9 Å². The molecule has 5 rings (SSSR count). The van der Waals surface area contributed by atoms with Crippen molar-refractivity contribution >= 4 is 10.9 Å². The zero-order valence-electron chi connectivity index (χ0n) is 17.4. The van der Waals surface area contributed by atoms with Crippen molar-refractivity contribution in [3.8, 4) is 11.1 Å². The molecule has 3 aromatic carbocycles. The van der Waals surface area contributed by atoms with E-state index in [4.69, 9.17) is 10.3 Å². The highest BCUT2D eigenvalue weighted by Crippen LogP contribution is 2.25. The average Bonchev–Trinajstić information content (AvgIpc) is 3.40. The van der Waals surface area contributed by atoms with Crippen molar-refractivity contribution in [2.75, 3.05) is 0 Å². The molecule has 2 heterocycles. The van der Waals surface area contributed by atoms with Gasteiger partial charge in [-0.3, -0.25) is 0 Å². The van der Waals surface area contributed by atoms with Gasteiger partial charge in [0.25, 0.3) is 0 Å². The third kappa shape index (κ3) is 4.00. The monoisotopic (exact) mass is 408 g/mol. The maximum atomic E-state index is 6.41. The van der Waals surface area contributed by atoms with Crippen LogP contribution in [-0.2, 0) is 19.9 Å². The van der Waals surface area contributed by atoms with E-state index in [0.29, 0.717) is 24.6 Å². The summed E-state index contributed by atoms with van der Waals surface area (Å²) in [5, 5.41) is 5.36. The number of hydrogen-bond donors (Lipinski definition) is 1. The molecule has 31 heavy (non-hydrogen) atoms. The molecule has 5 nitrogen and oxygen atoms in total. The molecule has 154 valence electrons. The number of nitrogens with two attached hydrogens (primary N) is 1. The lowest BCUT2D eigenvalue weighted by Gasteiger charge is -2.05. The van der Waals surface area contributed by atoms with Gasteiger partial charge in [0.2, 0.25) is 5.89 Å². The first-order valence-corrected chi connectivity index (χ1v) is 10.4. The molecule has 0 aliphatic heterocycles. The SMILES string of the molecule is Cn1cc(CC(N)c2nc(Cc3ccc(-c4ccccc4)cc3)no2)c2ccccc21. The Kier molecular flexibility index (Phi) is 5.10. The zero-order valence-corrected chi connectivity index (χ0v) is 17.4. The molecule has 1 unspecified atom stereocenters. The molecule has 5 aromatic rings. The molecule has 0 spiro atoms. The van der Waals surface area contributed by atoms with E-state index < -0.39 is 0 Å². The van der Waals surface area contributed by atoms with Crippen LogP contribution in [0.25, 0.3) is 22.0 Å². The molecule has 0 radical (unpaired) electrons. The van der Waals surface area contributed by atoms with Gasteiger partial charge in [0, 0.05) is 30.6 Å². The van der Waals surface area contributed by atoms with Crippen LogP contribution in [0.3, 0.4) is 0 Å². The van der Waals surface area contributed by atoms with Crippen LogP contribution in [0.2, 0.25) is 0 Å². The van der Waals surface area contributed by atoms with Crippen LogP contribution in [0.4, 0.5) is 0 Å². The van der Waals surface area contributed by atoms with Crippen LogP contribution in [0.15, 0.2) is 89.6 Å². The third-order valence-electron chi connectivity index (χ3n) is 5.64. The zero-order chi connectivity index (χ0) is 21.2. The van der Waals surface area contributed by atoms with Gasteiger partial charge < -0.3 is 14.8 Å². The van der Waals surface area contributed by atoms with Crippen molar-refractivity contribution in [1.29, 1.82) is 0 Å². The van der Waals surface area contributed by atoms with E-state index in [0.717, 1.165) is 5.56 Å². The Morgan fingerprint density at radius 3 is 2.42 bits per heavy atom. The fourth-order valence-corrected chi connectivity index (χ4v) is 4.03. The molecule has 5 heteroatoms. The lowest BCUT2D eigenvalue weighted by Crippen LogP contribution is -2.13. The van der Waals surface area contributed by atoms with Crippen molar-refractivity contribution < 1.29 is 4.52 Å². The molecule has 0 aliphatic rings. The first-order chi connectivity index (χ1) is 15.2. The average molecular weight is 409 g/mol. The largest absolute Gasteiger partial charge is 0.350 e. The van der Waals surface area contributed by atoms with Gasteiger partial charge in [-0.15, -0.1) is 0 Å². The fourth-order valence-electron chi connectivity index (χ4n) is 4.03.